The minimum absolute atomic E-state index is 0.283. The lowest BCUT2D eigenvalue weighted by atomic mass is 10.0. The molecule has 0 aliphatic heterocycles. The number of nitrogens with two attached hydrogens (primary N) is 1. The first kappa shape index (κ1) is 8.76. The van der Waals surface area contributed by atoms with Crippen LogP contribution < -0.4 is 5.73 Å². The summed E-state index contributed by atoms with van der Waals surface area (Å²) in [6.45, 7) is 2.18. The van der Waals surface area contributed by atoms with Crippen LogP contribution in [0.5, 0.6) is 0 Å². The van der Waals surface area contributed by atoms with E-state index in [0.717, 1.165) is 12.3 Å². The Morgan fingerprint density at radius 1 is 1.31 bits per heavy atom. The van der Waals surface area contributed by atoms with Gasteiger partial charge in [-0.15, -0.1) is 0 Å². The molecular formula is C12H17N. The molecular weight excluding hydrogens is 158 g/mol. The summed E-state index contributed by atoms with van der Waals surface area (Å²) in [5.41, 5.74) is 8.79. The fourth-order valence-electron chi connectivity index (χ4n) is 1.70. The van der Waals surface area contributed by atoms with E-state index in [4.69, 9.17) is 5.73 Å². The standard InChI is InChI=1S/C12H17N/c1-2-9-3-5-10(6-4-9)12(13)11-7-8-11/h3-6,11-12H,2,7-8,13H2,1H3. The number of hydrogen-bond acceptors (Lipinski definition) is 1. The molecule has 13 heavy (non-hydrogen) atoms. The Kier molecular flexibility index (Phi) is 2.36. The molecule has 2 rings (SSSR count). The molecule has 1 fully saturated rings. The maximum Gasteiger partial charge on any atom is 0.0323 e. The monoisotopic (exact) mass is 175 g/mol. The van der Waals surface area contributed by atoms with Crippen molar-refractivity contribution in [2.75, 3.05) is 0 Å². The van der Waals surface area contributed by atoms with Crippen LogP contribution in [0.2, 0.25) is 0 Å². The van der Waals surface area contributed by atoms with Gasteiger partial charge in [-0.05, 0) is 36.3 Å². The molecule has 1 aliphatic rings. The van der Waals surface area contributed by atoms with E-state index < -0.39 is 0 Å². The molecule has 0 spiro atoms. The molecule has 0 bridgehead atoms. The first-order valence-corrected chi connectivity index (χ1v) is 5.15. The van der Waals surface area contributed by atoms with E-state index in [9.17, 15) is 0 Å². The van der Waals surface area contributed by atoms with E-state index in [0.29, 0.717) is 0 Å². The second kappa shape index (κ2) is 3.51. The molecule has 0 radical (unpaired) electrons. The Morgan fingerprint density at radius 3 is 2.38 bits per heavy atom. The van der Waals surface area contributed by atoms with Gasteiger partial charge >= 0.3 is 0 Å². The van der Waals surface area contributed by atoms with Crippen molar-refractivity contribution in [1.29, 1.82) is 0 Å². The van der Waals surface area contributed by atoms with Gasteiger partial charge < -0.3 is 5.73 Å². The molecule has 0 amide bonds. The van der Waals surface area contributed by atoms with Crippen molar-refractivity contribution in [2.45, 2.75) is 32.2 Å². The van der Waals surface area contributed by atoms with Crippen molar-refractivity contribution in [1.82, 2.24) is 0 Å². The molecule has 0 heterocycles. The maximum atomic E-state index is 6.09. The SMILES string of the molecule is CCc1ccc(C(N)C2CC2)cc1. The van der Waals surface area contributed by atoms with Crippen LogP contribution >= 0.6 is 0 Å². The minimum Gasteiger partial charge on any atom is -0.324 e. The fraction of sp³-hybridized carbons (Fsp3) is 0.500. The van der Waals surface area contributed by atoms with Crippen LogP contribution in [0.1, 0.15) is 36.9 Å². The lowest BCUT2D eigenvalue weighted by molar-refractivity contribution is 0.633. The molecule has 1 aromatic rings. The average Bonchev–Trinajstić information content (AvgIpc) is 3.00. The van der Waals surface area contributed by atoms with Crippen molar-refractivity contribution in [2.24, 2.45) is 11.7 Å². The summed E-state index contributed by atoms with van der Waals surface area (Å²) in [5, 5.41) is 0. The molecule has 70 valence electrons. The second-order valence-electron chi connectivity index (χ2n) is 3.96. The topological polar surface area (TPSA) is 26.0 Å². The third-order valence-electron chi connectivity index (χ3n) is 2.90. The third-order valence-corrected chi connectivity index (χ3v) is 2.90. The van der Waals surface area contributed by atoms with Crippen LogP contribution in [0.3, 0.4) is 0 Å². The summed E-state index contributed by atoms with van der Waals surface area (Å²) in [6.07, 6.45) is 3.74. The quantitative estimate of drug-likeness (QED) is 0.751. The maximum absolute atomic E-state index is 6.09. The van der Waals surface area contributed by atoms with E-state index >= 15 is 0 Å². The van der Waals surface area contributed by atoms with Gasteiger partial charge in [0.2, 0.25) is 0 Å². The van der Waals surface area contributed by atoms with Crippen LogP contribution in [-0.2, 0) is 6.42 Å². The lowest BCUT2D eigenvalue weighted by Gasteiger charge is -2.10. The van der Waals surface area contributed by atoms with Crippen molar-refractivity contribution < 1.29 is 0 Å². The van der Waals surface area contributed by atoms with Crippen molar-refractivity contribution >= 4 is 0 Å². The van der Waals surface area contributed by atoms with E-state index in [-0.39, 0.29) is 6.04 Å². The predicted molar refractivity (Wildman–Crippen MR) is 55.5 cm³/mol. The highest BCUT2D eigenvalue weighted by atomic mass is 14.7. The lowest BCUT2D eigenvalue weighted by Crippen LogP contribution is -2.12. The largest absolute Gasteiger partial charge is 0.324 e. The summed E-state index contributed by atoms with van der Waals surface area (Å²) in [6, 6.07) is 9.03. The Labute approximate surface area is 80.0 Å². The van der Waals surface area contributed by atoms with Gasteiger partial charge in [-0.3, -0.25) is 0 Å². The van der Waals surface area contributed by atoms with Gasteiger partial charge in [-0.25, -0.2) is 0 Å². The van der Waals surface area contributed by atoms with Gasteiger partial charge in [-0.1, -0.05) is 31.2 Å². The average molecular weight is 175 g/mol. The summed E-state index contributed by atoms with van der Waals surface area (Å²) in [7, 11) is 0. The molecule has 1 aromatic carbocycles. The van der Waals surface area contributed by atoms with Gasteiger partial charge in [0.25, 0.3) is 0 Å². The van der Waals surface area contributed by atoms with Crippen LogP contribution in [0.4, 0.5) is 0 Å². The highest BCUT2D eigenvalue weighted by Crippen LogP contribution is 2.39. The number of benzene rings is 1. The highest BCUT2D eigenvalue weighted by molar-refractivity contribution is 5.25. The van der Waals surface area contributed by atoms with Gasteiger partial charge in [-0.2, -0.15) is 0 Å². The normalized spacial score (nSPS) is 18.6. The Hall–Kier alpha value is -0.820. The summed E-state index contributed by atoms with van der Waals surface area (Å²) in [5.74, 6) is 0.757. The highest BCUT2D eigenvalue weighted by Gasteiger charge is 2.29. The van der Waals surface area contributed by atoms with Gasteiger partial charge in [0.05, 0.1) is 0 Å². The summed E-state index contributed by atoms with van der Waals surface area (Å²) < 4.78 is 0. The van der Waals surface area contributed by atoms with Crippen molar-refractivity contribution in [3.8, 4) is 0 Å². The van der Waals surface area contributed by atoms with Crippen LogP contribution in [-0.4, -0.2) is 0 Å². The number of hydrogen-bond donors (Lipinski definition) is 1. The van der Waals surface area contributed by atoms with Gasteiger partial charge in [0.1, 0.15) is 0 Å². The zero-order valence-electron chi connectivity index (χ0n) is 8.16. The number of aryl methyl sites for hydroxylation is 1. The summed E-state index contributed by atoms with van der Waals surface area (Å²) in [4.78, 5) is 0. The third kappa shape index (κ3) is 1.92. The van der Waals surface area contributed by atoms with Gasteiger partial charge in [0.15, 0.2) is 0 Å². The van der Waals surface area contributed by atoms with E-state index in [1.165, 1.54) is 24.0 Å². The molecule has 1 heteroatoms. The van der Waals surface area contributed by atoms with Crippen LogP contribution in [0.25, 0.3) is 0 Å². The molecule has 0 aromatic heterocycles. The fourth-order valence-corrected chi connectivity index (χ4v) is 1.70. The Morgan fingerprint density at radius 2 is 1.92 bits per heavy atom. The molecule has 2 N–H and O–H groups in total. The zero-order valence-corrected chi connectivity index (χ0v) is 8.16. The minimum atomic E-state index is 0.283. The molecule has 1 aliphatic carbocycles. The predicted octanol–water partition coefficient (Wildman–Crippen LogP) is 2.66. The van der Waals surface area contributed by atoms with E-state index in [1.807, 2.05) is 0 Å². The molecule has 1 unspecified atom stereocenters. The first-order chi connectivity index (χ1) is 6.31. The van der Waals surface area contributed by atoms with Crippen molar-refractivity contribution in [3.05, 3.63) is 35.4 Å². The van der Waals surface area contributed by atoms with E-state index in [1.54, 1.807) is 0 Å². The first-order valence-electron chi connectivity index (χ1n) is 5.15. The van der Waals surface area contributed by atoms with Crippen LogP contribution in [0.15, 0.2) is 24.3 Å². The molecule has 0 saturated heterocycles. The van der Waals surface area contributed by atoms with Gasteiger partial charge in [0, 0.05) is 6.04 Å². The van der Waals surface area contributed by atoms with Crippen molar-refractivity contribution in [3.63, 3.8) is 0 Å². The second-order valence-corrected chi connectivity index (χ2v) is 3.96. The summed E-state index contributed by atoms with van der Waals surface area (Å²) >= 11 is 0. The van der Waals surface area contributed by atoms with Crippen LogP contribution in [0, 0.1) is 5.92 Å². The Balaban J connectivity index is 2.11. The van der Waals surface area contributed by atoms with E-state index in [2.05, 4.69) is 31.2 Å². The smallest absolute Gasteiger partial charge is 0.0323 e. The number of rotatable bonds is 3. The molecule has 1 nitrogen and oxygen atoms in total. The molecule has 1 saturated carbocycles. The zero-order chi connectivity index (χ0) is 9.26. The molecule has 1 atom stereocenters. The Bertz CT molecular complexity index is 272.